The summed E-state index contributed by atoms with van der Waals surface area (Å²) in [5, 5.41) is 9.75. The van der Waals surface area contributed by atoms with Crippen LogP contribution in [0.5, 0.6) is 0 Å². The summed E-state index contributed by atoms with van der Waals surface area (Å²) in [4.78, 5) is 0. The van der Waals surface area contributed by atoms with E-state index in [-0.39, 0.29) is 6.29 Å². The topological polar surface area (TPSA) is 42.2 Å². The van der Waals surface area contributed by atoms with Crippen molar-refractivity contribution in [2.24, 2.45) is 5.92 Å². The van der Waals surface area contributed by atoms with E-state index in [1.54, 1.807) is 0 Å². The molecule has 0 aromatic carbocycles. The van der Waals surface area contributed by atoms with Crippen molar-refractivity contribution in [3.8, 4) is 6.07 Å². The molecule has 0 saturated carbocycles. The summed E-state index contributed by atoms with van der Waals surface area (Å²) in [5.41, 5.74) is 1.86. The van der Waals surface area contributed by atoms with Gasteiger partial charge in [0.2, 0.25) is 0 Å². The summed E-state index contributed by atoms with van der Waals surface area (Å²) in [6, 6.07) is 2.42. The summed E-state index contributed by atoms with van der Waals surface area (Å²) in [6.07, 6.45) is 7.55. The highest BCUT2D eigenvalue weighted by Crippen LogP contribution is 2.32. The molecule has 21 heavy (non-hydrogen) atoms. The molecule has 0 aromatic heterocycles. The SMILES string of the molecule is CCOC(C)OC1(C#N)C/C=C(\C)CC/C=C(\C)C(C)C1. The number of nitriles is 1. The zero-order chi connectivity index (χ0) is 15.9. The van der Waals surface area contributed by atoms with Crippen molar-refractivity contribution >= 4 is 0 Å². The van der Waals surface area contributed by atoms with Crippen LogP contribution < -0.4 is 0 Å². The average molecular weight is 291 g/mol. The Hall–Kier alpha value is -1.11. The second-order valence-corrected chi connectivity index (χ2v) is 6.09. The van der Waals surface area contributed by atoms with E-state index in [0.29, 0.717) is 25.4 Å². The zero-order valence-electron chi connectivity index (χ0n) is 14.1. The maximum absolute atomic E-state index is 9.75. The van der Waals surface area contributed by atoms with Gasteiger partial charge < -0.3 is 9.47 Å². The van der Waals surface area contributed by atoms with Crippen LogP contribution in [0.25, 0.3) is 0 Å². The molecule has 3 heteroatoms. The maximum atomic E-state index is 9.75. The molecular formula is C18H29NO2. The predicted molar refractivity (Wildman–Crippen MR) is 85.7 cm³/mol. The Balaban J connectivity index is 3.00. The molecule has 118 valence electrons. The number of hydrogen-bond donors (Lipinski definition) is 0. The minimum atomic E-state index is -0.804. The predicted octanol–water partition coefficient (Wildman–Crippen LogP) is 4.75. The van der Waals surface area contributed by atoms with Crippen LogP contribution in [0.3, 0.4) is 0 Å². The molecule has 0 fully saturated rings. The molecule has 3 nitrogen and oxygen atoms in total. The van der Waals surface area contributed by atoms with Gasteiger partial charge in [-0.15, -0.1) is 0 Å². The van der Waals surface area contributed by atoms with Crippen LogP contribution in [-0.2, 0) is 9.47 Å². The van der Waals surface area contributed by atoms with Gasteiger partial charge in [0.15, 0.2) is 11.9 Å². The molecule has 0 amide bonds. The zero-order valence-corrected chi connectivity index (χ0v) is 14.1. The molecule has 3 unspecified atom stereocenters. The van der Waals surface area contributed by atoms with E-state index in [4.69, 9.17) is 9.47 Å². The van der Waals surface area contributed by atoms with E-state index in [1.807, 2.05) is 13.8 Å². The molecule has 0 N–H and O–H groups in total. The lowest BCUT2D eigenvalue weighted by molar-refractivity contribution is -0.184. The lowest BCUT2D eigenvalue weighted by Gasteiger charge is -2.32. The fourth-order valence-electron chi connectivity index (χ4n) is 2.71. The quantitative estimate of drug-likeness (QED) is 0.554. The second-order valence-electron chi connectivity index (χ2n) is 6.09. The molecule has 1 rings (SSSR count). The van der Waals surface area contributed by atoms with Crippen molar-refractivity contribution in [2.75, 3.05) is 6.61 Å². The van der Waals surface area contributed by atoms with Gasteiger partial charge in [-0.1, -0.05) is 30.2 Å². The van der Waals surface area contributed by atoms with E-state index in [0.717, 1.165) is 12.8 Å². The lowest BCUT2D eigenvalue weighted by atomic mass is 9.84. The third-order valence-corrected chi connectivity index (χ3v) is 4.20. The molecule has 0 bridgehead atoms. The fraction of sp³-hybridized carbons (Fsp3) is 0.722. The van der Waals surface area contributed by atoms with Crippen LogP contribution >= 0.6 is 0 Å². The molecule has 0 heterocycles. The Labute approximate surface area is 129 Å². The first-order valence-corrected chi connectivity index (χ1v) is 7.95. The first-order valence-electron chi connectivity index (χ1n) is 7.95. The van der Waals surface area contributed by atoms with Gasteiger partial charge in [-0.05, 0) is 52.9 Å². The Kier molecular flexibility index (Phi) is 7.14. The van der Waals surface area contributed by atoms with Crippen molar-refractivity contribution in [3.63, 3.8) is 0 Å². The van der Waals surface area contributed by atoms with Gasteiger partial charge in [0.05, 0.1) is 6.07 Å². The number of ether oxygens (including phenoxy) is 2. The van der Waals surface area contributed by atoms with Gasteiger partial charge in [-0.3, -0.25) is 0 Å². The molecule has 0 saturated heterocycles. The van der Waals surface area contributed by atoms with Crippen LogP contribution in [0.1, 0.15) is 60.3 Å². The monoisotopic (exact) mass is 291 g/mol. The Morgan fingerprint density at radius 2 is 2.14 bits per heavy atom. The van der Waals surface area contributed by atoms with Gasteiger partial charge in [0.25, 0.3) is 0 Å². The van der Waals surface area contributed by atoms with E-state index in [9.17, 15) is 5.26 Å². The van der Waals surface area contributed by atoms with E-state index < -0.39 is 5.60 Å². The molecule has 0 spiro atoms. The molecule has 0 aliphatic heterocycles. The van der Waals surface area contributed by atoms with Crippen LogP contribution in [-0.4, -0.2) is 18.5 Å². The summed E-state index contributed by atoms with van der Waals surface area (Å²) in [6.45, 7) is 10.8. The number of rotatable bonds is 4. The molecule has 1 aliphatic carbocycles. The minimum Gasteiger partial charge on any atom is -0.353 e. The van der Waals surface area contributed by atoms with Crippen molar-refractivity contribution in [2.45, 2.75) is 72.2 Å². The summed E-state index contributed by atoms with van der Waals surface area (Å²) in [5.74, 6) is 0.338. The van der Waals surface area contributed by atoms with Gasteiger partial charge >= 0.3 is 0 Å². The number of nitrogens with zero attached hydrogens (tertiary/aromatic N) is 1. The number of allylic oxidation sites excluding steroid dienone is 3. The van der Waals surface area contributed by atoms with Gasteiger partial charge in [0.1, 0.15) is 0 Å². The van der Waals surface area contributed by atoms with E-state index in [1.165, 1.54) is 11.1 Å². The normalized spacial score (nSPS) is 34.0. The van der Waals surface area contributed by atoms with Crippen LogP contribution in [0.2, 0.25) is 0 Å². The second kappa shape index (κ2) is 8.36. The molecular weight excluding hydrogens is 262 g/mol. The summed E-state index contributed by atoms with van der Waals surface area (Å²) < 4.78 is 11.5. The highest BCUT2D eigenvalue weighted by molar-refractivity contribution is 5.16. The minimum absolute atomic E-state index is 0.338. The van der Waals surface area contributed by atoms with Crippen molar-refractivity contribution in [3.05, 3.63) is 23.3 Å². The van der Waals surface area contributed by atoms with Crippen molar-refractivity contribution in [1.82, 2.24) is 0 Å². The Bertz CT molecular complexity index is 433. The first-order chi connectivity index (χ1) is 9.92. The summed E-state index contributed by atoms with van der Waals surface area (Å²) in [7, 11) is 0. The molecule has 0 aromatic rings. The van der Waals surface area contributed by atoms with Crippen LogP contribution in [0, 0.1) is 17.2 Å². The van der Waals surface area contributed by atoms with Crippen molar-refractivity contribution in [1.29, 1.82) is 5.26 Å². The van der Waals surface area contributed by atoms with E-state index >= 15 is 0 Å². The summed E-state index contributed by atoms with van der Waals surface area (Å²) >= 11 is 0. The van der Waals surface area contributed by atoms with Gasteiger partial charge in [0, 0.05) is 13.0 Å². The third-order valence-electron chi connectivity index (χ3n) is 4.20. The average Bonchev–Trinajstić information content (AvgIpc) is 2.44. The Morgan fingerprint density at radius 1 is 1.43 bits per heavy atom. The number of hydrogen-bond acceptors (Lipinski definition) is 3. The molecule has 1 aliphatic rings. The standard InChI is InChI=1S/C18H29NO2/c1-6-20-17(5)21-18(13-19)11-10-14(2)8-7-9-15(3)16(4)12-18/h9-10,16-17H,6-8,11-12H2,1-5H3/b14-10+,15-9+. The Morgan fingerprint density at radius 3 is 2.76 bits per heavy atom. The van der Waals surface area contributed by atoms with Gasteiger partial charge in [-0.25, -0.2) is 0 Å². The van der Waals surface area contributed by atoms with Crippen LogP contribution in [0.15, 0.2) is 23.3 Å². The maximum Gasteiger partial charge on any atom is 0.161 e. The molecule has 3 atom stereocenters. The van der Waals surface area contributed by atoms with Crippen LogP contribution in [0.4, 0.5) is 0 Å². The highest BCUT2D eigenvalue weighted by atomic mass is 16.7. The largest absolute Gasteiger partial charge is 0.353 e. The highest BCUT2D eigenvalue weighted by Gasteiger charge is 2.35. The third kappa shape index (κ3) is 5.65. The fourth-order valence-corrected chi connectivity index (χ4v) is 2.71. The van der Waals surface area contributed by atoms with Gasteiger partial charge in [-0.2, -0.15) is 5.26 Å². The first kappa shape index (κ1) is 17.9. The van der Waals surface area contributed by atoms with Crippen molar-refractivity contribution < 1.29 is 9.47 Å². The smallest absolute Gasteiger partial charge is 0.161 e. The molecule has 0 radical (unpaired) electrons. The lowest BCUT2D eigenvalue weighted by Crippen LogP contribution is -2.37. The van der Waals surface area contributed by atoms with E-state index in [2.05, 4.69) is 39.0 Å².